The molecule has 0 radical (unpaired) electrons. The summed E-state index contributed by atoms with van der Waals surface area (Å²) in [6, 6.07) is 9.29. The van der Waals surface area contributed by atoms with E-state index in [0.29, 0.717) is 0 Å². The van der Waals surface area contributed by atoms with E-state index in [1.165, 1.54) is 12.1 Å². The summed E-state index contributed by atoms with van der Waals surface area (Å²) in [5, 5.41) is 0.395. The molecule has 0 spiro atoms. The Hall–Kier alpha value is -3.21. The van der Waals surface area contributed by atoms with E-state index in [2.05, 4.69) is 4.84 Å². The average molecular weight is 489 g/mol. The zero-order valence-electron chi connectivity index (χ0n) is 15.9. The largest absolute Gasteiger partial charge is 0.493 e. The van der Waals surface area contributed by atoms with Crippen LogP contribution in [0.15, 0.2) is 54.1 Å². The van der Waals surface area contributed by atoms with Crippen molar-refractivity contribution in [1.82, 2.24) is 0 Å². The number of carbonyl (C=O) groups is 2. The Bertz CT molecular complexity index is 1120. The number of anilines is 1. The van der Waals surface area contributed by atoms with Gasteiger partial charge in [0, 0.05) is 5.57 Å². The Balaban J connectivity index is 0.000000181. The lowest BCUT2D eigenvalue weighted by Gasteiger charge is -2.18. The normalized spacial score (nSPS) is 15.1. The van der Waals surface area contributed by atoms with Gasteiger partial charge in [-0.2, -0.15) is 13.2 Å². The molecule has 4 rings (SSSR count). The van der Waals surface area contributed by atoms with Crippen LogP contribution in [0.1, 0.15) is 5.56 Å². The maximum Gasteiger partial charge on any atom is 0.493 e. The molecule has 2 aromatic carbocycles. The topological polar surface area (TPSA) is 91.1 Å². The Morgan fingerprint density at radius 1 is 1.06 bits per heavy atom. The molecule has 0 aromatic heterocycles. The number of hydrogen-bond acceptors (Lipinski definition) is 7. The summed E-state index contributed by atoms with van der Waals surface area (Å²) in [4.78, 5) is 25.4. The third-order valence-corrected chi connectivity index (χ3v) is 4.73. The minimum Gasteiger partial charge on any atom is -0.454 e. The molecule has 0 unspecified atom stereocenters. The van der Waals surface area contributed by atoms with E-state index in [1.807, 2.05) is 24.3 Å². The molecule has 1 aliphatic heterocycles. The van der Waals surface area contributed by atoms with Crippen LogP contribution in [-0.4, -0.2) is 24.7 Å². The molecule has 0 atom stereocenters. The van der Waals surface area contributed by atoms with E-state index in [4.69, 9.17) is 38.5 Å². The summed E-state index contributed by atoms with van der Waals surface area (Å²) < 4.78 is 46.0. The van der Waals surface area contributed by atoms with Gasteiger partial charge in [-0.1, -0.05) is 29.3 Å². The second kappa shape index (κ2) is 9.51. The van der Waals surface area contributed by atoms with Crippen molar-refractivity contribution in [3.05, 3.63) is 69.7 Å². The van der Waals surface area contributed by atoms with Gasteiger partial charge < -0.3 is 14.3 Å². The smallest absolute Gasteiger partial charge is 0.454 e. The maximum atomic E-state index is 11.9. The number of hydrogen-bond donors (Lipinski definition) is 1. The van der Waals surface area contributed by atoms with Crippen LogP contribution >= 0.6 is 23.2 Å². The fourth-order valence-electron chi connectivity index (χ4n) is 2.37. The molecule has 0 saturated carbocycles. The second-order valence-electron chi connectivity index (χ2n) is 6.21. The van der Waals surface area contributed by atoms with Crippen molar-refractivity contribution in [2.45, 2.75) is 6.18 Å². The highest BCUT2D eigenvalue weighted by atomic mass is 35.5. The van der Waals surface area contributed by atoms with E-state index in [1.54, 1.807) is 12.2 Å². The van der Waals surface area contributed by atoms with Crippen LogP contribution in [0.5, 0.6) is 11.5 Å². The SMILES string of the molecule is NN(OC(=O)C(F)(F)F)c1ccc(Cl)c(Cl)c1.O=C1C=CC1=Cc1ccc2c(c1)OCO2. The second-order valence-corrected chi connectivity index (χ2v) is 7.03. The summed E-state index contributed by atoms with van der Waals surface area (Å²) in [5.74, 6) is 4.23. The molecule has 1 heterocycles. The van der Waals surface area contributed by atoms with E-state index in [-0.39, 0.29) is 33.5 Å². The molecule has 1 aliphatic carbocycles. The van der Waals surface area contributed by atoms with Gasteiger partial charge in [-0.15, -0.1) is 5.17 Å². The number of rotatable bonds is 3. The Labute approximate surface area is 189 Å². The first-order chi connectivity index (χ1) is 15.0. The van der Waals surface area contributed by atoms with E-state index in [0.717, 1.165) is 28.7 Å². The number of hydrazine groups is 1. The van der Waals surface area contributed by atoms with Crippen LogP contribution in [0.2, 0.25) is 10.0 Å². The van der Waals surface area contributed by atoms with E-state index in [9.17, 15) is 22.8 Å². The number of fused-ring (bicyclic) bond motifs is 1. The molecule has 168 valence electrons. The fourth-order valence-corrected chi connectivity index (χ4v) is 2.66. The first-order valence-electron chi connectivity index (χ1n) is 8.67. The molecule has 0 bridgehead atoms. The summed E-state index contributed by atoms with van der Waals surface area (Å²) in [5.41, 5.74) is 1.62. The van der Waals surface area contributed by atoms with Gasteiger partial charge >= 0.3 is 12.1 Å². The third-order valence-electron chi connectivity index (χ3n) is 3.99. The molecule has 2 aliphatic rings. The van der Waals surface area contributed by atoms with Crippen molar-refractivity contribution in [2.24, 2.45) is 5.84 Å². The molecular formula is C20H13Cl2F3N2O5. The first kappa shape index (κ1) is 23.5. The summed E-state index contributed by atoms with van der Waals surface area (Å²) >= 11 is 11.2. The van der Waals surface area contributed by atoms with Gasteiger partial charge in [0.2, 0.25) is 6.79 Å². The average Bonchev–Trinajstić information content (AvgIpc) is 3.20. The number of ketones is 1. The highest BCUT2D eigenvalue weighted by Gasteiger charge is 2.42. The van der Waals surface area contributed by atoms with Crippen LogP contribution in [0, 0.1) is 0 Å². The van der Waals surface area contributed by atoms with Gasteiger partial charge in [-0.25, -0.2) is 10.6 Å². The molecule has 2 aromatic rings. The van der Waals surface area contributed by atoms with Crippen LogP contribution in [0.25, 0.3) is 6.08 Å². The number of allylic oxidation sites excluding steroid dienone is 3. The minimum absolute atomic E-state index is 0.0580. The molecule has 2 N–H and O–H groups in total. The number of carbonyl (C=O) groups excluding carboxylic acids is 2. The monoisotopic (exact) mass is 488 g/mol. The van der Waals surface area contributed by atoms with E-state index < -0.39 is 12.1 Å². The van der Waals surface area contributed by atoms with Gasteiger partial charge in [-0.3, -0.25) is 4.79 Å². The van der Waals surface area contributed by atoms with Crippen LogP contribution in [0.3, 0.4) is 0 Å². The van der Waals surface area contributed by atoms with E-state index >= 15 is 0 Å². The standard InChI is InChI=1S/C12H8O3.C8H5Cl2F3N2O2/c13-10-3-2-9(10)5-8-1-4-11-12(6-8)15-7-14-11;9-5-2-1-4(3-6(5)10)15(14)17-7(16)8(11,12)13/h1-6H,7H2;1-3H,14H2. The number of halogens is 5. The zero-order valence-corrected chi connectivity index (χ0v) is 17.4. The molecule has 32 heavy (non-hydrogen) atoms. The quantitative estimate of drug-likeness (QED) is 0.382. The van der Waals surface area contributed by atoms with Crippen molar-refractivity contribution >= 4 is 46.7 Å². The molecule has 7 nitrogen and oxygen atoms in total. The van der Waals surface area contributed by atoms with Crippen LogP contribution < -0.4 is 20.5 Å². The number of nitrogens with zero attached hydrogens (tertiary/aromatic N) is 1. The third kappa shape index (κ3) is 5.72. The van der Waals surface area contributed by atoms with Crippen molar-refractivity contribution < 1.29 is 37.1 Å². The van der Waals surface area contributed by atoms with Gasteiger partial charge in [0.25, 0.3) is 0 Å². The van der Waals surface area contributed by atoms with Gasteiger partial charge in [0.15, 0.2) is 17.3 Å². The van der Waals surface area contributed by atoms with Gasteiger partial charge in [0.05, 0.1) is 15.7 Å². The van der Waals surface area contributed by atoms with Crippen molar-refractivity contribution in [3.8, 4) is 11.5 Å². The molecular weight excluding hydrogens is 476 g/mol. The van der Waals surface area contributed by atoms with Crippen molar-refractivity contribution in [1.29, 1.82) is 0 Å². The van der Waals surface area contributed by atoms with Gasteiger partial charge in [-0.05, 0) is 54.1 Å². The Kier molecular flexibility index (Phi) is 6.97. The number of alkyl halides is 3. The minimum atomic E-state index is -5.13. The van der Waals surface area contributed by atoms with Gasteiger partial charge in [0.1, 0.15) is 0 Å². The fraction of sp³-hybridized carbons (Fsp3) is 0.100. The molecule has 0 amide bonds. The number of nitrogens with two attached hydrogens (primary N) is 1. The Morgan fingerprint density at radius 2 is 1.78 bits per heavy atom. The Morgan fingerprint density at radius 3 is 2.38 bits per heavy atom. The predicted molar refractivity (Wildman–Crippen MR) is 110 cm³/mol. The highest BCUT2D eigenvalue weighted by molar-refractivity contribution is 6.42. The molecule has 0 fully saturated rings. The number of ether oxygens (including phenoxy) is 2. The lowest BCUT2D eigenvalue weighted by atomic mass is 9.98. The molecule has 12 heteroatoms. The van der Waals surface area contributed by atoms with Crippen LogP contribution in [0.4, 0.5) is 18.9 Å². The highest BCUT2D eigenvalue weighted by Crippen LogP contribution is 2.33. The van der Waals surface area contributed by atoms with Crippen molar-refractivity contribution in [3.63, 3.8) is 0 Å². The summed E-state index contributed by atoms with van der Waals surface area (Å²) in [6.45, 7) is 0.272. The summed E-state index contributed by atoms with van der Waals surface area (Å²) in [6.07, 6.45) is 0.0594. The predicted octanol–water partition coefficient (Wildman–Crippen LogP) is 4.63. The number of benzene rings is 2. The maximum absolute atomic E-state index is 11.9. The van der Waals surface area contributed by atoms with Crippen molar-refractivity contribution in [2.75, 3.05) is 12.0 Å². The first-order valence-corrected chi connectivity index (χ1v) is 9.43. The van der Waals surface area contributed by atoms with Crippen LogP contribution in [-0.2, 0) is 14.4 Å². The lowest BCUT2D eigenvalue weighted by molar-refractivity contribution is -0.201. The zero-order chi connectivity index (χ0) is 23.5. The molecule has 0 saturated heterocycles. The lowest BCUT2D eigenvalue weighted by Crippen LogP contribution is -2.39. The summed E-state index contributed by atoms with van der Waals surface area (Å²) in [7, 11) is 0.